The average molecular weight is 474 g/mol. The Morgan fingerprint density at radius 1 is 1.50 bits per heavy atom. The van der Waals surface area contributed by atoms with E-state index in [4.69, 9.17) is 14.0 Å². The van der Waals surface area contributed by atoms with Crippen molar-refractivity contribution >= 4 is 45.5 Å². The average Bonchev–Trinajstić information content (AvgIpc) is 3.22. The van der Waals surface area contributed by atoms with Gasteiger partial charge < -0.3 is 14.0 Å². The number of nitrogens with zero attached hydrogens (tertiary/aromatic N) is 4. The second-order valence-corrected chi connectivity index (χ2v) is 7.88. The molecule has 0 aromatic carbocycles. The van der Waals surface area contributed by atoms with E-state index >= 15 is 0 Å². The zero-order valence-electron chi connectivity index (χ0n) is 14.8. The van der Waals surface area contributed by atoms with E-state index in [-0.39, 0.29) is 35.1 Å². The Kier molecular flexibility index (Phi) is 5.71. The monoisotopic (exact) mass is 473 g/mol. The van der Waals surface area contributed by atoms with Gasteiger partial charge in [-0.1, -0.05) is 5.16 Å². The Hall–Kier alpha value is -1.89. The molecule has 2 aliphatic heterocycles. The van der Waals surface area contributed by atoms with Crippen LogP contribution in [0.15, 0.2) is 27.5 Å². The van der Waals surface area contributed by atoms with Gasteiger partial charge >= 0.3 is 0 Å². The molecule has 4 heterocycles. The zero-order chi connectivity index (χ0) is 19.7. The van der Waals surface area contributed by atoms with E-state index in [1.165, 1.54) is 31.6 Å². The maximum Gasteiger partial charge on any atom is 0.253 e. The Morgan fingerprint density at radius 2 is 2.36 bits per heavy atom. The molecule has 1 N–H and O–H groups in total. The molecule has 0 saturated carbocycles. The minimum Gasteiger partial charge on any atom is -0.479 e. The SMILES string of the molecule is COc1nc(Br)c(F)cc1N1C(=O)COC2CN(SNc3ccon3)CCC21. The van der Waals surface area contributed by atoms with Crippen molar-refractivity contribution in [3.63, 3.8) is 0 Å². The summed E-state index contributed by atoms with van der Waals surface area (Å²) in [4.78, 5) is 18.2. The van der Waals surface area contributed by atoms with Crippen molar-refractivity contribution in [3.05, 3.63) is 28.8 Å². The van der Waals surface area contributed by atoms with Crippen LogP contribution in [0.3, 0.4) is 0 Å². The van der Waals surface area contributed by atoms with Crippen LogP contribution in [-0.2, 0) is 9.53 Å². The lowest BCUT2D eigenvalue weighted by molar-refractivity contribution is -0.134. The largest absolute Gasteiger partial charge is 0.479 e. The van der Waals surface area contributed by atoms with Gasteiger partial charge in [-0.2, -0.15) is 0 Å². The summed E-state index contributed by atoms with van der Waals surface area (Å²) < 4.78 is 35.2. The van der Waals surface area contributed by atoms with Crippen LogP contribution < -0.4 is 14.4 Å². The number of aromatic nitrogens is 2. The number of carbonyl (C=O) groups excluding carboxylic acids is 1. The molecule has 2 aromatic heterocycles. The lowest BCUT2D eigenvalue weighted by Gasteiger charge is -2.46. The molecule has 12 heteroatoms. The molecule has 0 bridgehead atoms. The zero-order valence-corrected chi connectivity index (χ0v) is 17.2. The summed E-state index contributed by atoms with van der Waals surface area (Å²) in [6.07, 6.45) is 1.90. The summed E-state index contributed by atoms with van der Waals surface area (Å²) in [5, 5.41) is 3.80. The minimum atomic E-state index is -0.559. The number of methoxy groups -OCH3 is 1. The molecule has 150 valence electrons. The van der Waals surface area contributed by atoms with Gasteiger partial charge in [-0.15, -0.1) is 0 Å². The predicted molar refractivity (Wildman–Crippen MR) is 103 cm³/mol. The molecular formula is C16H17BrFN5O4S. The van der Waals surface area contributed by atoms with Crippen LogP contribution in [0.1, 0.15) is 6.42 Å². The number of piperidine rings is 1. The second-order valence-electron chi connectivity index (χ2n) is 6.22. The van der Waals surface area contributed by atoms with E-state index in [0.29, 0.717) is 31.0 Å². The molecule has 2 fully saturated rings. The van der Waals surface area contributed by atoms with Gasteiger partial charge in [-0.3, -0.25) is 14.4 Å². The van der Waals surface area contributed by atoms with Crippen molar-refractivity contribution in [2.24, 2.45) is 0 Å². The van der Waals surface area contributed by atoms with Crippen LogP contribution in [0, 0.1) is 5.82 Å². The summed E-state index contributed by atoms with van der Waals surface area (Å²) >= 11 is 4.44. The first-order valence-electron chi connectivity index (χ1n) is 8.49. The number of ether oxygens (including phenoxy) is 2. The molecule has 1 amide bonds. The highest BCUT2D eigenvalue weighted by Gasteiger charge is 2.42. The van der Waals surface area contributed by atoms with E-state index < -0.39 is 5.82 Å². The van der Waals surface area contributed by atoms with Crippen LogP contribution in [0.4, 0.5) is 15.9 Å². The van der Waals surface area contributed by atoms with Crippen LogP contribution in [0.25, 0.3) is 0 Å². The van der Waals surface area contributed by atoms with E-state index in [0.717, 1.165) is 0 Å². The second kappa shape index (κ2) is 8.23. The molecule has 0 spiro atoms. The van der Waals surface area contributed by atoms with Crippen molar-refractivity contribution in [2.75, 3.05) is 36.4 Å². The van der Waals surface area contributed by atoms with Crippen molar-refractivity contribution < 1.29 is 23.2 Å². The Morgan fingerprint density at radius 3 is 3.11 bits per heavy atom. The van der Waals surface area contributed by atoms with E-state index in [9.17, 15) is 9.18 Å². The van der Waals surface area contributed by atoms with Crippen molar-refractivity contribution in [3.8, 4) is 5.88 Å². The summed E-state index contributed by atoms with van der Waals surface area (Å²) in [5.74, 6) is 0.00256. The summed E-state index contributed by atoms with van der Waals surface area (Å²) in [6, 6.07) is 2.75. The molecule has 2 aliphatic rings. The number of hydrogen-bond donors (Lipinski definition) is 1. The maximum absolute atomic E-state index is 14.1. The first kappa shape index (κ1) is 19.4. The number of carbonyl (C=O) groups is 1. The van der Waals surface area contributed by atoms with Gasteiger partial charge in [0.05, 0.1) is 19.3 Å². The minimum absolute atomic E-state index is 0.0375. The van der Waals surface area contributed by atoms with Crippen LogP contribution in [0.5, 0.6) is 5.88 Å². The van der Waals surface area contributed by atoms with Gasteiger partial charge in [0.1, 0.15) is 23.2 Å². The lowest BCUT2D eigenvalue weighted by Crippen LogP contribution is -2.60. The molecule has 28 heavy (non-hydrogen) atoms. The normalized spacial score (nSPS) is 22.8. The number of morpholine rings is 1. The molecule has 4 rings (SSSR count). The molecule has 2 saturated heterocycles. The highest BCUT2D eigenvalue weighted by atomic mass is 79.9. The molecule has 0 aliphatic carbocycles. The molecule has 2 atom stereocenters. The van der Waals surface area contributed by atoms with Gasteiger partial charge in [-0.05, 0) is 22.4 Å². The van der Waals surface area contributed by atoms with Crippen molar-refractivity contribution in [1.29, 1.82) is 0 Å². The number of halogens is 2. The van der Waals surface area contributed by atoms with Gasteiger partial charge in [0.2, 0.25) is 5.88 Å². The third-order valence-electron chi connectivity index (χ3n) is 4.56. The number of fused-ring (bicyclic) bond motifs is 1. The standard InChI is InChI=1S/C16H17BrFN5O4S/c1-25-16-11(6-9(18)15(17)19-16)23-10-2-4-22(7-12(10)26-8-14(23)24)28-21-13-3-5-27-20-13/h3,5-6,10,12H,2,4,7-8H2,1H3,(H,20,21). The highest BCUT2D eigenvalue weighted by Crippen LogP contribution is 2.37. The number of hydrogen-bond acceptors (Lipinski definition) is 9. The topological polar surface area (TPSA) is 93.0 Å². The van der Waals surface area contributed by atoms with Crippen molar-refractivity contribution in [2.45, 2.75) is 18.6 Å². The maximum atomic E-state index is 14.1. The highest BCUT2D eigenvalue weighted by molar-refractivity contribution is 9.10. The van der Waals surface area contributed by atoms with E-state index in [1.54, 1.807) is 11.0 Å². The van der Waals surface area contributed by atoms with Crippen LogP contribution in [-0.4, -0.2) is 59.3 Å². The Bertz CT molecular complexity index is 858. The predicted octanol–water partition coefficient (Wildman–Crippen LogP) is 2.46. The summed E-state index contributed by atoms with van der Waals surface area (Å²) in [6.45, 7) is 1.19. The molecular weight excluding hydrogens is 457 g/mol. The summed E-state index contributed by atoms with van der Waals surface area (Å²) in [5.41, 5.74) is 0.313. The van der Waals surface area contributed by atoms with Gasteiger partial charge in [0, 0.05) is 37.4 Å². The quantitative estimate of drug-likeness (QED) is 0.518. The Labute approximate surface area is 172 Å². The van der Waals surface area contributed by atoms with Gasteiger partial charge in [0.15, 0.2) is 11.6 Å². The number of anilines is 2. The summed E-state index contributed by atoms with van der Waals surface area (Å²) in [7, 11) is 1.44. The van der Waals surface area contributed by atoms with Crippen LogP contribution >= 0.6 is 28.1 Å². The third kappa shape index (κ3) is 3.81. The van der Waals surface area contributed by atoms with Crippen molar-refractivity contribution in [1.82, 2.24) is 14.4 Å². The van der Waals surface area contributed by atoms with Gasteiger partial charge in [-0.25, -0.2) is 13.7 Å². The number of amides is 1. The third-order valence-corrected chi connectivity index (χ3v) is 6.00. The smallest absolute Gasteiger partial charge is 0.253 e. The molecule has 0 radical (unpaired) electrons. The first-order chi connectivity index (χ1) is 13.6. The fraction of sp³-hybridized carbons (Fsp3) is 0.438. The molecule has 9 nitrogen and oxygen atoms in total. The fourth-order valence-corrected chi connectivity index (χ4v) is 4.33. The number of pyridine rings is 1. The first-order valence-corrected chi connectivity index (χ1v) is 10.1. The van der Waals surface area contributed by atoms with E-state index in [1.807, 2.05) is 0 Å². The van der Waals surface area contributed by atoms with Crippen LogP contribution in [0.2, 0.25) is 0 Å². The molecule has 2 aromatic rings. The fourth-order valence-electron chi connectivity index (χ4n) is 3.30. The number of rotatable bonds is 5. The molecule has 2 unspecified atom stereocenters. The Balaban J connectivity index is 1.51. The lowest BCUT2D eigenvalue weighted by atomic mass is 9.99. The van der Waals surface area contributed by atoms with Gasteiger partial charge in [0.25, 0.3) is 5.91 Å². The number of nitrogens with one attached hydrogen (secondary N) is 1. The van der Waals surface area contributed by atoms with E-state index in [2.05, 4.69) is 35.1 Å².